The molecule has 0 aliphatic rings. The topological polar surface area (TPSA) is 82.4 Å². The van der Waals surface area contributed by atoms with Crippen molar-refractivity contribution >= 4 is 29.1 Å². The number of ether oxygens (including phenoxy) is 1. The predicted molar refractivity (Wildman–Crippen MR) is 91.5 cm³/mol. The molecule has 7 heteroatoms. The fourth-order valence-corrected chi connectivity index (χ4v) is 2.23. The number of hydrogen-bond acceptors (Lipinski definition) is 4. The lowest BCUT2D eigenvalue weighted by atomic mass is 10.1. The van der Waals surface area contributed by atoms with Crippen LogP contribution in [0.5, 0.6) is 5.75 Å². The third-order valence-electron chi connectivity index (χ3n) is 3.10. The van der Waals surface area contributed by atoms with Gasteiger partial charge in [-0.05, 0) is 30.3 Å². The molecule has 124 valence electrons. The maximum atomic E-state index is 12.0. The molecule has 0 aliphatic carbocycles. The van der Waals surface area contributed by atoms with Gasteiger partial charge in [-0.15, -0.1) is 0 Å². The molecule has 0 radical (unpaired) electrons. The van der Waals surface area contributed by atoms with Gasteiger partial charge in [0.25, 0.3) is 5.91 Å². The van der Waals surface area contributed by atoms with E-state index in [0.29, 0.717) is 21.9 Å². The number of carbonyl (C=O) groups excluding carboxylic acids is 1. The van der Waals surface area contributed by atoms with Gasteiger partial charge in [0.2, 0.25) is 0 Å². The van der Waals surface area contributed by atoms with Crippen LogP contribution >= 0.6 is 23.2 Å². The summed E-state index contributed by atoms with van der Waals surface area (Å²) in [5, 5.41) is 21.9. The predicted octanol–water partition coefficient (Wildman–Crippen LogP) is 3.03. The van der Waals surface area contributed by atoms with Crippen molar-refractivity contribution in [2.75, 3.05) is 13.2 Å². The molecule has 5 nitrogen and oxygen atoms in total. The summed E-state index contributed by atoms with van der Waals surface area (Å²) in [5.41, 5.74) is 0.738. The van der Waals surface area contributed by atoms with Crippen LogP contribution in [-0.4, -0.2) is 30.3 Å². The largest absolute Gasteiger partial charge is 0.489 e. The van der Waals surface area contributed by atoms with E-state index >= 15 is 0 Å². The number of nitriles is 1. The number of nitrogens with one attached hydrogen (secondary N) is 1. The molecule has 2 N–H and O–H groups in total. The number of carbonyl (C=O) groups is 1. The quantitative estimate of drug-likeness (QED) is 0.825. The van der Waals surface area contributed by atoms with Gasteiger partial charge in [-0.1, -0.05) is 35.3 Å². The highest BCUT2D eigenvalue weighted by Crippen LogP contribution is 2.31. The molecule has 2 aromatic rings. The average Bonchev–Trinajstić information content (AvgIpc) is 2.61. The van der Waals surface area contributed by atoms with Gasteiger partial charge >= 0.3 is 0 Å². The molecule has 0 spiro atoms. The van der Waals surface area contributed by atoms with Crippen LogP contribution in [0.15, 0.2) is 42.5 Å². The number of rotatable bonds is 6. The van der Waals surface area contributed by atoms with Crippen molar-refractivity contribution in [3.05, 3.63) is 63.6 Å². The number of aliphatic hydroxyl groups excluding tert-OH is 1. The number of amides is 1. The number of hydrogen-bond donors (Lipinski definition) is 2. The highest BCUT2D eigenvalue weighted by atomic mass is 35.5. The first-order valence-corrected chi connectivity index (χ1v) is 7.80. The maximum absolute atomic E-state index is 12.0. The molecule has 24 heavy (non-hydrogen) atoms. The maximum Gasteiger partial charge on any atom is 0.251 e. The van der Waals surface area contributed by atoms with Crippen molar-refractivity contribution in [1.29, 1.82) is 5.26 Å². The second-order valence-corrected chi connectivity index (χ2v) is 5.70. The molecule has 1 amide bonds. The highest BCUT2D eigenvalue weighted by Gasteiger charge is 2.12. The van der Waals surface area contributed by atoms with E-state index in [1.165, 1.54) is 6.07 Å². The SMILES string of the molecule is N#Cc1cccc(C(=O)NCC(O)COc2cccc(Cl)c2Cl)c1. The van der Waals surface area contributed by atoms with Crippen molar-refractivity contribution in [2.24, 2.45) is 0 Å². The van der Waals surface area contributed by atoms with Crippen molar-refractivity contribution < 1.29 is 14.6 Å². The van der Waals surface area contributed by atoms with Crippen molar-refractivity contribution in [3.8, 4) is 11.8 Å². The Bertz CT molecular complexity index is 775. The molecule has 0 heterocycles. The van der Waals surface area contributed by atoms with Gasteiger partial charge in [0, 0.05) is 12.1 Å². The van der Waals surface area contributed by atoms with Crippen LogP contribution in [-0.2, 0) is 0 Å². The molecular formula is C17H14Cl2N2O3. The molecule has 1 atom stereocenters. The Morgan fingerprint density at radius 3 is 2.79 bits per heavy atom. The van der Waals surface area contributed by atoms with Crippen molar-refractivity contribution in [2.45, 2.75) is 6.10 Å². The second kappa shape index (κ2) is 8.55. The summed E-state index contributed by atoms with van der Waals surface area (Å²) in [6, 6.07) is 13.2. The van der Waals surface area contributed by atoms with Gasteiger partial charge in [0.15, 0.2) is 0 Å². The van der Waals surface area contributed by atoms with E-state index < -0.39 is 6.10 Å². The fraction of sp³-hybridized carbons (Fsp3) is 0.176. The van der Waals surface area contributed by atoms with Crippen LogP contribution in [0.1, 0.15) is 15.9 Å². The van der Waals surface area contributed by atoms with E-state index in [-0.39, 0.29) is 24.1 Å². The Morgan fingerprint density at radius 2 is 2.04 bits per heavy atom. The summed E-state index contributed by atoms with van der Waals surface area (Å²) in [6.45, 7) is -0.0631. The third kappa shape index (κ3) is 4.87. The first-order valence-electron chi connectivity index (χ1n) is 7.04. The van der Waals surface area contributed by atoms with Crippen LogP contribution in [0, 0.1) is 11.3 Å². The van der Waals surface area contributed by atoms with Gasteiger partial charge in [0.1, 0.15) is 23.5 Å². The molecule has 2 aromatic carbocycles. The van der Waals surface area contributed by atoms with Crippen LogP contribution in [0.25, 0.3) is 0 Å². The molecule has 0 fully saturated rings. The van der Waals surface area contributed by atoms with Crippen LogP contribution in [0.3, 0.4) is 0 Å². The average molecular weight is 365 g/mol. The molecule has 2 rings (SSSR count). The molecule has 0 aromatic heterocycles. The number of nitrogens with zero attached hydrogens (tertiary/aromatic N) is 1. The van der Waals surface area contributed by atoms with Gasteiger partial charge < -0.3 is 15.2 Å². The molecule has 1 unspecified atom stereocenters. The number of benzene rings is 2. The Kier molecular flexibility index (Phi) is 6.44. The lowest BCUT2D eigenvalue weighted by molar-refractivity contribution is 0.0844. The summed E-state index contributed by atoms with van der Waals surface area (Å²) in [5.74, 6) is -0.0248. The Hall–Kier alpha value is -2.26. The summed E-state index contributed by atoms with van der Waals surface area (Å²) in [4.78, 5) is 12.0. The van der Waals surface area contributed by atoms with E-state index in [1.807, 2.05) is 6.07 Å². The van der Waals surface area contributed by atoms with Gasteiger partial charge in [-0.2, -0.15) is 5.26 Å². The zero-order valence-corrected chi connectivity index (χ0v) is 14.0. The normalized spacial score (nSPS) is 11.4. The summed E-state index contributed by atoms with van der Waals surface area (Å²) in [7, 11) is 0. The Labute approximate surface area is 149 Å². The zero-order chi connectivity index (χ0) is 17.5. The second-order valence-electron chi connectivity index (χ2n) is 4.92. The summed E-state index contributed by atoms with van der Waals surface area (Å²) in [6.07, 6.45) is -0.928. The van der Waals surface area contributed by atoms with Crippen molar-refractivity contribution in [1.82, 2.24) is 5.32 Å². The monoisotopic (exact) mass is 364 g/mol. The minimum absolute atomic E-state index is 0.00615. The minimum atomic E-state index is -0.928. The minimum Gasteiger partial charge on any atom is -0.489 e. The fourth-order valence-electron chi connectivity index (χ4n) is 1.88. The first-order chi connectivity index (χ1) is 11.5. The van der Waals surface area contributed by atoms with Gasteiger partial charge in [-0.3, -0.25) is 4.79 Å². The molecule has 0 aliphatic heterocycles. The standard InChI is InChI=1S/C17H14Cl2N2O3/c18-14-5-2-6-15(16(14)19)24-10-13(22)9-21-17(23)12-4-1-3-11(7-12)8-20/h1-7,13,22H,9-10H2,(H,21,23). The summed E-state index contributed by atoms with van der Waals surface area (Å²) >= 11 is 11.8. The van der Waals surface area contributed by atoms with Crippen LogP contribution in [0.4, 0.5) is 0 Å². The molecular weight excluding hydrogens is 351 g/mol. The van der Waals surface area contributed by atoms with Gasteiger partial charge in [0.05, 0.1) is 16.7 Å². The van der Waals surface area contributed by atoms with E-state index in [9.17, 15) is 9.90 Å². The molecule has 0 saturated heterocycles. The smallest absolute Gasteiger partial charge is 0.251 e. The molecule has 0 bridgehead atoms. The van der Waals surface area contributed by atoms with Crippen LogP contribution in [0.2, 0.25) is 10.0 Å². The third-order valence-corrected chi connectivity index (χ3v) is 3.90. The Morgan fingerprint density at radius 1 is 1.29 bits per heavy atom. The lowest BCUT2D eigenvalue weighted by Gasteiger charge is -2.14. The molecule has 0 saturated carbocycles. The van der Waals surface area contributed by atoms with E-state index in [1.54, 1.807) is 36.4 Å². The zero-order valence-electron chi connectivity index (χ0n) is 12.5. The number of halogens is 2. The van der Waals surface area contributed by atoms with Crippen molar-refractivity contribution in [3.63, 3.8) is 0 Å². The number of aliphatic hydroxyl groups is 1. The Balaban J connectivity index is 1.84. The van der Waals surface area contributed by atoms with E-state index in [2.05, 4.69) is 5.32 Å². The van der Waals surface area contributed by atoms with E-state index in [0.717, 1.165) is 0 Å². The van der Waals surface area contributed by atoms with Crippen LogP contribution < -0.4 is 10.1 Å². The first kappa shape index (κ1) is 18.1. The van der Waals surface area contributed by atoms with Gasteiger partial charge in [-0.25, -0.2) is 0 Å². The lowest BCUT2D eigenvalue weighted by Crippen LogP contribution is -2.35. The summed E-state index contributed by atoms with van der Waals surface area (Å²) < 4.78 is 5.39. The highest BCUT2D eigenvalue weighted by molar-refractivity contribution is 6.42. The van der Waals surface area contributed by atoms with E-state index in [4.69, 9.17) is 33.2 Å².